The zero-order chi connectivity index (χ0) is 7.84. The fourth-order valence-corrected chi connectivity index (χ4v) is 1.02. The van der Waals surface area contributed by atoms with Crippen molar-refractivity contribution >= 4 is 16.9 Å². The van der Waals surface area contributed by atoms with Crippen LogP contribution < -0.4 is 5.73 Å². The van der Waals surface area contributed by atoms with Crippen molar-refractivity contribution < 1.29 is 0 Å². The number of anilines is 1. The van der Waals surface area contributed by atoms with Crippen LogP contribution >= 0.6 is 0 Å². The third kappa shape index (κ3) is 0.739. The normalized spacial score (nSPS) is 10.6. The standard InChI is InChI=1S/C6H7N5/c1-11-6-4(5(7)10-11)2-8-3-9-6/h2-3H,1H3,(H2,7,10). The Morgan fingerprint density at radius 3 is 3.09 bits per heavy atom. The van der Waals surface area contributed by atoms with Crippen molar-refractivity contribution in [3.63, 3.8) is 0 Å². The number of nitrogen functional groups attached to an aromatic ring is 1. The Hall–Kier alpha value is -1.65. The van der Waals surface area contributed by atoms with E-state index in [0.29, 0.717) is 5.82 Å². The van der Waals surface area contributed by atoms with Crippen molar-refractivity contribution in [1.29, 1.82) is 0 Å². The lowest BCUT2D eigenvalue weighted by Crippen LogP contribution is -1.92. The van der Waals surface area contributed by atoms with Crippen molar-refractivity contribution in [3.05, 3.63) is 12.5 Å². The molecule has 0 unspecified atom stereocenters. The number of nitrogens with two attached hydrogens (primary N) is 1. The minimum Gasteiger partial charge on any atom is -0.382 e. The predicted octanol–water partition coefficient (Wildman–Crippen LogP) is -0.0545. The van der Waals surface area contributed by atoms with Gasteiger partial charge in [-0.25, -0.2) is 14.6 Å². The molecule has 0 aliphatic carbocycles. The molecule has 0 aromatic carbocycles. The average Bonchev–Trinajstić information content (AvgIpc) is 2.30. The monoisotopic (exact) mass is 149 g/mol. The first-order valence-corrected chi connectivity index (χ1v) is 3.17. The number of aromatic nitrogens is 4. The molecule has 0 spiro atoms. The summed E-state index contributed by atoms with van der Waals surface area (Å²) < 4.78 is 1.63. The molecule has 0 saturated heterocycles. The summed E-state index contributed by atoms with van der Waals surface area (Å²) in [6.45, 7) is 0. The van der Waals surface area contributed by atoms with E-state index in [1.54, 1.807) is 17.9 Å². The van der Waals surface area contributed by atoms with Gasteiger partial charge in [0.2, 0.25) is 0 Å². The van der Waals surface area contributed by atoms with E-state index in [4.69, 9.17) is 5.73 Å². The highest BCUT2D eigenvalue weighted by Crippen LogP contribution is 2.14. The topological polar surface area (TPSA) is 69.6 Å². The molecule has 2 heterocycles. The largest absolute Gasteiger partial charge is 0.382 e. The fourth-order valence-electron chi connectivity index (χ4n) is 1.02. The van der Waals surface area contributed by atoms with Gasteiger partial charge in [0.1, 0.15) is 6.33 Å². The molecule has 0 bridgehead atoms. The molecule has 0 saturated carbocycles. The van der Waals surface area contributed by atoms with Gasteiger partial charge in [0.05, 0.1) is 5.39 Å². The lowest BCUT2D eigenvalue weighted by molar-refractivity contribution is 0.790. The van der Waals surface area contributed by atoms with Gasteiger partial charge in [-0.15, -0.1) is 0 Å². The number of nitrogens with zero attached hydrogens (tertiary/aromatic N) is 4. The Labute approximate surface area is 62.9 Å². The first-order valence-electron chi connectivity index (χ1n) is 3.17. The van der Waals surface area contributed by atoms with Gasteiger partial charge in [-0.3, -0.25) is 0 Å². The van der Waals surface area contributed by atoms with Gasteiger partial charge in [-0.2, -0.15) is 5.10 Å². The van der Waals surface area contributed by atoms with E-state index in [1.165, 1.54) is 6.33 Å². The van der Waals surface area contributed by atoms with Crippen molar-refractivity contribution in [2.24, 2.45) is 7.05 Å². The van der Waals surface area contributed by atoms with Gasteiger partial charge in [0.25, 0.3) is 0 Å². The number of rotatable bonds is 0. The zero-order valence-electron chi connectivity index (χ0n) is 6.02. The van der Waals surface area contributed by atoms with Crippen molar-refractivity contribution in [2.45, 2.75) is 0 Å². The number of fused-ring (bicyclic) bond motifs is 1. The molecule has 5 nitrogen and oxygen atoms in total. The summed E-state index contributed by atoms with van der Waals surface area (Å²) in [5, 5.41) is 4.78. The Balaban J connectivity index is 2.95. The summed E-state index contributed by atoms with van der Waals surface area (Å²) in [6.07, 6.45) is 3.13. The molecule has 2 rings (SSSR count). The second-order valence-electron chi connectivity index (χ2n) is 2.27. The summed E-state index contributed by atoms with van der Waals surface area (Å²) in [4.78, 5) is 7.85. The lowest BCUT2D eigenvalue weighted by Gasteiger charge is -1.88. The average molecular weight is 149 g/mol. The zero-order valence-corrected chi connectivity index (χ0v) is 6.02. The van der Waals surface area contributed by atoms with Crippen LogP contribution in [0.3, 0.4) is 0 Å². The summed E-state index contributed by atoms with van der Waals surface area (Å²) in [6, 6.07) is 0. The van der Waals surface area contributed by atoms with Gasteiger partial charge in [-0.05, 0) is 0 Å². The van der Waals surface area contributed by atoms with Crippen LogP contribution in [-0.4, -0.2) is 19.7 Å². The van der Waals surface area contributed by atoms with Crippen LogP contribution in [0.4, 0.5) is 5.82 Å². The molecule has 0 aliphatic rings. The maximum absolute atomic E-state index is 5.57. The first-order chi connectivity index (χ1) is 5.29. The molecule has 2 aromatic heterocycles. The van der Waals surface area contributed by atoms with Crippen LogP contribution in [0.25, 0.3) is 11.0 Å². The Morgan fingerprint density at radius 2 is 2.36 bits per heavy atom. The number of hydrogen-bond donors (Lipinski definition) is 1. The van der Waals surface area contributed by atoms with Gasteiger partial charge in [0.15, 0.2) is 11.5 Å². The second kappa shape index (κ2) is 1.91. The van der Waals surface area contributed by atoms with Crippen LogP contribution in [-0.2, 0) is 7.05 Å². The van der Waals surface area contributed by atoms with Crippen LogP contribution in [0, 0.1) is 0 Å². The van der Waals surface area contributed by atoms with E-state index in [1.807, 2.05) is 0 Å². The van der Waals surface area contributed by atoms with E-state index in [0.717, 1.165) is 11.0 Å². The summed E-state index contributed by atoms with van der Waals surface area (Å²) >= 11 is 0. The second-order valence-corrected chi connectivity index (χ2v) is 2.27. The van der Waals surface area contributed by atoms with Gasteiger partial charge < -0.3 is 5.73 Å². The smallest absolute Gasteiger partial charge is 0.163 e. The maximum Gasteiger partial charge on any atom is 0.163 e. The van der Waals surface area contributed by atoms with E-state index < -0.39 is 0 Å². The molecule has 2 aromatic rings. The minimum atomic E-state index is 0.475. The third-order valence-corrected chi connectivity index (χ3v) is 1.53. The Morgan fingerprint density at radius 1 is 1.55 bits per heavy atom. The van der Waals surface area contributed by atoms with Gasteiger partial charge >= 0.3 is 0 Å². The van der Waals surface area contributed by atoms with E-state index >= 15 is 0 Å². The predicted molar refractivity (Wildman–Crippen MR) is 40.7 cm³/mol. The SMILES string of the molecule is Cn1nc(N)c2cncnc21. The lowest BCUT2D eigenvalue weighted by atomic mass is 10.4. The summed E-state index contributed by atoms with van der Waals surface area (Å²) in [5.41, 5.74) is 6.33. The molecule has 11 heavy (non-hydrogen) atoms. The molecule has 5 heteroatoms. The number of hydrogen-bond acceptors (Lipinski definition) is 4. The Bertz CT molecular complexity index is 355. The van der Waals surface area contributed by atoms with Crippen LogP contribution in [0.15, 0.2) is 12.5 Å². The molecule has 56 valence electrons. The third-order valence-electron chi connectivity index (χ3n) is 1.53. The molecule has 0 fully saturated rings. The molecular weight excluding hydrogens is 142 g/mol. The van der Waals surface area contributed by atoms with E-state index in [2.05, 4.69) is 15.1 Å². The highest BCUT2D eigenvalue weighted by Gasteiger charge is 2.04. The van der Waals surface area contributed by atoms with Gasteiger partial charge in [0, 0.05) is 13.2 Å². The number of aryl methyl sites for hydroxylation is 1. The van der Waals surface area contributed by atoms with Crippen LogP contribution in [0.5, 0.6) is 0 Å². The van der Waals surface area contributed by atoms with Gasteiger partial charge in [-0.1, -0.05) is 0 Å². The molecular formula is C6H7N5. The summed E-state index contributed by atoms with van der Waals surface area (Å²) in [7, 11) is 1.80. The molecule has 2 N–H and O–H groups in total. The van der Waals surface area contributed by atoms with Crippen LogP contribution in [0.1, 0.15) is 0 Å². The Kier molecular flexibility index (Phi) is 1.06. The maximum atomic E-state index is 5.57. The van der Waals surface area contributed by atoms with Crippen molar-refractivity contribution in [3.8, 4) is 0 Å². The molecule has 0 radical (unpaired) electrons. The summed E-state index contributed by atoms with van der Waals surface area (Å²) in [5.74, 6) is 0.475. The highest BCUT2D eigenvalue weighted by molar-refractivity contribution is 5.85. The highest BCUT2D eigenvalue weighted by atomic mass is 15.3. The quantitative estimate of drug-likeness (QED) is 0.570. The van der Waals surface area contributed by atoms with E-state index in [9.17, 15) is 0 Å². The van der Waals surface area contributed by atoms with E-state index in [-0.39, 0.29) is 0 Å². The first kappa shape index (κ1) is 6.09. The van der Waals surface area contributed by atoms with Crippen molar-refractivity contribution in [1.82, 2.24) is 19.7 Å². The molecule has 0 aliphatic heterocycles. The molecule has 0 atom stereocenters. The van der Waals surface area contributed by atoms with Crippen LogP contribution in [0.2, 0.25) is 0 Å². The van der Waals surface area contributed by atoms with Crippen molar-refractivity contribution in [2.75, 3.05) is 5.73 Å². The minimum absolute atomic E-state index is 0.475. The fraction of sp³-hybridized carbons (Fsp3) is 0.167. The molecule has 0 amide bonds.